The van der Waals surface area contributed by atoms with Crippen LogP contribution in [0.15, 0.2) is 18.2 Å². The molecule has 0 aliphatic carbocycles. The van der Waals surface area contributed by atoms with Crippen molar-refractivity contribution in [3.05, 3.63) is 32.4 Å². The second-order valence-electron chi connectivity index (χ2n) is 4.11. The summed E-state index contributed by atoms with van der Waals surface area (Å²) in [6.07, 6.45) is 0. The number of rotatable bonds is 4. The summed E-state index contributed by atoms with van der Waals surface area (Å²) in [4.78, 5) is 14.3. The average Bonchev–Trinajstić information content (AvgIpc) is 2.31. The van der Waals surface area contributed by atoms with Gasteiger partial charge in [-0.2, -0.15) is 0 Å². The first-order valence-corrected chi connectivity index (χ1v) is 7.19. The van der Waals surface area contributed by atoms with Gasteiger partial charge < -0.3 is 10.6 Å². The van der Waals surface area contributed by atoms with Gasteiger partial charge >= 0.3 is 0 Å². The molecule has 0 aliphatic heterocycles. The predicted octanol–water partition coefficient (Wildman–Crippen LogP) is 2.94. The largest absolute Gasteiger partial charge is 0.393 e. The van der Waals surface area contributed by atoms with Gasteiger partial charge in [-0.05, 0) is 40.8 Å². The molecule has 1 amide bonds. The van der Waals surface area contributed by atoms with Gasteiger partial charge in [0.05, 0.1) is 10.6 Å². The molecule has 1 aromatic rings. The molecular weight excluding hydrogens is 383 g/mol. The summed E-state index contributed by atoms with van der Waals surface area (Å²) in [6.45, 7) is 2.39. The Morgan fingerprint density at radius 2 is 2.22 bits per heavy atom. The number of hydrogen-bond acceptors (Lipinski definition) is 2. The minimum Gasteiger partial charge on any atom is -0.393 e. The molecule has 18 heavy (non-hydrogen) atoms. The highest BCUT2D eigenvalue weighted by Gasteiger charge is 2.18. The highest BCUT2D eigenvalue weighted by molar-refractivity contribution is 14.1. The summed E-state index contributed by atoms with van der Waals surface area (Å²) >= 11 is 12.9. The zero-order valence-corrected chi connectivity index (χ0v) is 13.8. The highest BCUT2D eigenvalue weighted by atomic mass is 127. The zero-order valence-electron chi connectivity index (χ0n) is 10.1. The Kier molecular flexibility index (Phi) is 5.81. The van der Waals surface area contributed by atoms with E-state index in [2.05, 4.69) is 22.6 Å². The number of nitrogens with zero attached hydrogens (tertiary/aromatic N) is 1. The second-order valence-corrected chi connectivity index (χ2v) is 6.18. The third kappa shape index (κ3) is 4.07. The van der Waals surface area contributed by atoms with Gasteiger partial charge in [0.1, 0.15) is 0 Å². The van der Waals surface area contributed by atoms with E-state index in [1.54, 1.807) is 24.1 Å². The van der Waals surface area contributed by atoms with Crippen molar-refractivity contribution in [1.82, 2.24) is 4.90 Å². The maximum absolute atomic E-state index is 12.3. The molecule has 0 aliphatic rings. The van der Waals surface area contributed by atoms with Crippen molar-refractivity contribution >= 4 is 57.3 Å². The van der Waals surface area contributed by atoms with Gasteiger partial charge in [-0.15, -0.1) is 0 Å². The summed E-state index contributed by atoms with van der Waals surface area (Å²) in [6, 6.07) is 5.26. The van der Waals surface area contributed by atoms with Crippen LogP contribution in [0, 0.1) is 9.49 Å². The summed E-state index contributed by atoms with van der Waals surface area (Å²) in [5.41, 5.74) is 6.15. The second kappa shape index (κ2) is 6.68. The van der Waals surface area contributed by atoms with Crippen LogP contribution in [-0.4, -0.2) is 29.4 Å². The number of hydrogen-bond donors (Lipinski definition) is 1. The molecule has 1 rings (SSSR count). The fourth-order valence-corrected chi connectivity index (χ4v) is 2.26. The molecule has 0 radical (unpaired) electrons. The molecule has 0 aromatic heterocycles. The van der Waals surface area contributed by atoms with Crippen molar-refractivity contribution in [3.8, 4) is 0 Å². The molecule has 1 atom stereocenters. The number of carbonyl (C=O) groups is 1. The zero-order chi connectivity index (χ0) is 13.9. The SMILES string of the molecule is CC(CN(C)C(=O)c1cc(Cl)ccc1I)C(N)=S. The summed E-state index contributed by atoms with van der Waals surface area (Å²) in [5.74, 6) is -0.0872. The molecule has 0 saturated carbocycles. The molecular formula is C12H14ClIN2OS. The Morgan fingerprint density at radius 3 is 2.78 bits per heavy atom. The molecule has 0 bridgehead atoms. The summed E-state index contributed by atoms with van der Waals surface area (Å²) in [5, 5.41) is 0.551. The molecule has 1 aromatic carbocycles. The molecule has 3 nitrogen and oxygen atoms in total. The lowest BCUT2D eigenvalue weighted by Gasteiger charge is -2.21. The first-order valence-electron chi connectivity index (χ1n) is 5.32. The summed E-state index contributed by atoms with van der Waals surface area (Å²) < 4.78 is 0.872. The first kappa shape index (κ1) is 15.7. The number of nitrogens with two attached hydrogens (primary N) is 1. The third-order valence-corrected chi connectivity index (χ3v) is 4.12. The van der Waals surface area contributed by atoms with Crippen LogP contribution in [0.1, 0.15) is 17.3 Å². The number of benzene rings is 1. The average molecular weight is 397 g/mol. The fourth-order valence-electron chi connectivity index (χ4n) is 1.45. The first-order chi connectivity index (χ1) is 8.32. The van der Waals surface area contributed by atoms with Gasteiger partial charge in [0.15, 0.2) is 0 Å². The Morgan fingerprint density at radius 1 is 1.61 bits per heavy atom. The Balaban J connectivity index is 2.86. The van der Waals surface area contributed by atoms with Crippen LogP contribution >= 0.6 is 46.4 Å². The summed E-state index contributed by atoms with van der Waals surface area (Å²) in [7, 11) is 1.73. The van der Waals surface area contributed by atoms with Gasteiger partial charge in [-0.25, -0.2) is 0 Å². The van der Waals surface area contributed by atoms with E-state index in [1.165, 1.54) is 0 Å². The van der Waals surface area contributed by atoms with Gasteiger partial charge in [0.2, 0.25) is 0 Å². The maximum atomic E-state index is 12.3. The minimum absolute atomic E-state index is 0.00852. The molecule has 0 saturated heterocycles. The Hall–Kier alpha value is -0.400. The van der Waals surface area contributed by atoms with Crippen molar-refractivity contribution in [1.29, 1.82) is 0 Å². The smallest absolute Gasteiger partial charge is 0.254 e. The highest BCUT2D eigenvalue weighted by Crippen LogP contribution is 2.19. The van der Waals surface area contributed by atoms with Crippen LogP contribution in [0.3, 0.4) is 0 Å². The van der Waals surface area contributed by atoms with Crippen molar-refractivity contribution in [3.63, 3.8) is 0 Å². The Labute approximate surface area is 131 Å². The minimum atomic E-state index is -0.0787. The molecule has 6 heteroatoms. The number of thiocarbonyl (C=S) groups is 1. The molecule has 0 heterocycles. The van der Waals surface area contributed by atoms with Crippen LogP contribution in [0.2, 0.25) is 5.02 Å². The van der Waals surface area contributed by atoms with Crippen LogP contribution in [-0.2, 0) is 0 Å². The topological polar surface area (TPSA) is 46.3 Å². The van der Waals surface area contributed by atoms with Gasteiger partial charge in [0.25, 0.3) is 5.91 Å². The van der Waals surface area contributed by atoms with Gasteiger partial charge in [-0.1, -0.05) is 30.7 Å². The predicted molar refractivity (Wildman–Crippen MR) is 87.1 cm³/mol. The number of amides is 1. The van der Waals surface area contributed by atoms with E-state index >= 15 is 0 Å². The van der Waals surface area contributed by atoms with E-state index in [0.29, 0.717) is 22.1 Å². The Bertz CT molecular complexity index is 481. The monoisotopic (exact) mass is 396 g/mol. The van der Waals surface area contributed by atoms with Crippen molar-refractivity contribution in [2.24, 2.45) is 11.7 Å². The standard InChI is InChI=1S/C12H14ClIN2OS/c1-7(11(15)18)6-16(2)12(17)9-5-8(13)3-4-10(9)14/h3-5,7H,6H2,1-2H3,(H2,15,18). The van der Waals surface area contributed by atoms with Crippen molar-refractivity contribution in [2.45, 2.75) is 6.92 Å². The van der Waals surface area contributed by atoms with E-state index in [4.69, 9.17) is 29.6 Å². The molecule has 0 spiro atoms. The molecule has 98 valence electrons. The van der Waals surface area contributed by atoms with E-state index in [0.717, 1.165) is 3.57 Å². The number of carbonyl (C=O) groups excluding carboxylic acids is 1. The lowest BCUT2D eigenvalue weighted by Crippen LogP contribution is -2.35. The van der Waals surface area contributed by atoms with E-state index in [9.17, 15) is 4.79 Å². The molecule has 2 N–H and O–H groups in total. The van der Waals surface area contributed by atoms with Gasteiger partial charge in [0, 0.05) is 28.1 Å². The van der Waals surface area contributed by atoms with Gasteiger partial charge in [-0.3, -0.25) is 4.79 Å². The van der Waals surface area contributed by atoms with Crippen molar-refractivity contribution < 1.29 is 4.79 Å². The van der Waals surface area contributed by atoms with E-state index < -0.39 is 0 Å². The lowest BCUT2D eigenvalue weighted by molar-refractivity contribution is 0.0786. The molecule has 1 unspecified atom stereocenters. The molecule has 0 fully saturated rings. The van der Waals surface area contributed by atoms with Crippen LogP contribution < -0.4 is 5.73 Å². The van der Waals surface area contributed by atoms with Crippen LogP contribution in [0.25, 0.3) is 0 Å². The van der Waals surface area contributed by atoms with E-state index in [-0.39, 0.29) is 11.8 Å². The fraction of sp³-hybridized carbons (Fsp3) is 0.333. The number of halogens is 2. The quantitative estimate of drug-likeness (QED) is 0.629. The normalized spacial score (nSPS) is 12.0. The van der Waals surface area contributed by atoms with Crippen molar-refractivity contribution in [2.75, 3.05) is 13.6 Å². The third-order valence-electron chi connectivity index (χ3n) is 2.54. The van der Waals surface area contributed by atoms with E-state index in [1.807, 2.05) is 13.0 Å². The lowest BCUT2D eigenvalue weighted by atomic mass is 10.1. The van der Waals surface area contributed by atoms with Crippen LogP contribution in [0.5, 0.6) is 0 Å². The maximum Gasteiger partial charge on any atom is 0.254 e. The van der Waals surface area contributed by atoms with Crippen LogP contribution in [0.4, 0.5) is 0 Å².